The maximum absolute atomic E-state index is 13.3. The Morgan fingerprint density at radius 1 is 0.872 bits per heavy atom. The second kappa shape index (κ2) is 15.9. The van der Waals surface area contributed by atoms with Crippen LogP contribution < -0.4 is 10.1 Å². The van der Waals surface area contributed by atoms with E-state index in [2.05, 4.69) is 10.3 Å². The molecule has 2 aromatic rings. The van der Waals surface area contributed by atoms with Gasteiger partial charge in [-0.05, 0) is 63.1 Å². The summed E-state index contributed by atoms with van der Waals surface area (Å²) in [5.41, 5.74) is 1.51. The summed E-state index contributed by atoms with van der Waals surface area (Å²) in [6.45, 7) is 7.18. The summed E-state index contributed by atoms with van der Waals surface area (Å²) in [5.74, 6) is -0.764. The van der Waals surface area contributed by atoms with Gasteiger partial charge in [0.05, 0.1) is 18.7 Å². The lowest BCUT2D eigenvalue weighted by atomic mass is 10.1. The fourth-order valence-electron chi connectivity index (χ4n) is 6.30. The maximum atomic E-state index is 13.3. The van der Waals surface area contributed by atoms with E-state index in [-0.39, 0.29) is 42.7 Å². The Morgan fingerprint density at radius 3 is 2.36 bits per heavy atom. The molecule has 1 aromatic heterocycles. The first-order valence-corrected chi connectivity index (χ1v) is 16.8. The topological polar surface area (TPSA) is 142 Å². The fraction of sp³-hybridized carbons (Fsp3) is 0.588. The van der Waals surface area contributed by atoms with Crippen LogP contribution in [-0.4, -0.2) is 126 Å². The van der Waals surface area contributed by atoms with Gasteiger partial charge in [0, 0.05) is 57.3 Å². The van der Waals surface area contributed by atoms with Gasteiger partial charge in [-0.1, -0.05) is 19.4 Å². The SMILES string of the molecule is CCCCOC(=O)N1CCN(C(=O)CNC(=O)c2cc(OCC(=O)N3CCC[C@H]3C(=O)N3CCCCC3)c3ccc(C)cc3n2)CC1. The van der Waals surface area contributed by atoms with Crippen LogP contribution in [0.15, 0.2) is 24.3 Å². The normalized spacial score (nSPS) is 18.3. The molecule has 47 heavy (non-hydrogen) atoms. The van der Waals surface area contributed by atoms with E-state index >= 15 is 0 Å². The molecule has 0 spiro atoms. The van der Waals surface area contributed by atoms with Crippen LogP contribution >= 0.6 is 0 Å². The molecule has 0 unspecified atom stereocenters. The van der Waals surface area contributed by atoms with Crippen LogP contribution in [0.2, 0.25) is 0 Å². The second-order valence-electron chi connectivity index (χ2n) is 12.5. The molecular weight excluding hydrogens is 604 g/mol. The van der Waals surface area contributed by atoms with Gasteiger partial charge in [0.25, 0.3) is 11.8 Å². The highest BCUT2D eigenvalue weighted by molar-refractivity contribution is 5.99. The standard InChI is InChI=1S/C34H46N6O7/c1-3-4-19-46-34(45)39-17-15-37(16-18-39)30(41)22-35-32(43)27-21-29(25-11-10-24(2)20-26(25)36-27)47-23-31(42)40-14-8-9-28(40)33(44)38-12-6-5-7-13-38/h10-11,20-21,28H,3-9,12-19,22-23H2,1-2H3,(H,35,43)/t28-/m0/s1. The molecule has 3 fully saturated rings. The number of rotatable bonds is 10. The van der Waals surface area contributed by atoms with E-state index < -0.39 is 11.9 Å². The number of carbonyl (C=O) groups is 5. The van der Waals surface area contributed by atoms with Gasteiger partial charge in [-0.25, -0.2) is 9.78 Å². The first kappa shape index (κ1) is 33.9. The van der Waals surface area contributed by atoms with Crippen molar-refractivity contribution in [3.8, 4) is 5.75 Å². The number of ether oxygens (including phenoxy) is 2. The minimum Gasteiger partial charge on any atom is -0.483 e. The third-order valence-electron chi connectivity index (χ3n) is 9.05. The molecule has 3 saturated heterocycles. The molecule has 0 radical (unpaired) electrons. The van der Waals surface area contributed by atoms with Crippen LogP contribution in [0.4, 0.5) is 4.79 Å². The van der Waals surface area contributed by atoms with Crippen LogP contribution in [0.1, 0.15) is 67.9 Å². The molecule has 0 saturated carbocycles. The van der Waals surface area contributed by atoms with E-state index in [0.29, 0.717) is 62.4 Å². The van der Waals surface area contributed by atoms with Crippen molar-refractivity contribution < 1.29 is 33.4 Å². The van der Waals surface area contributed by atoms with E-state index in [1.165, 1.54) is 6.07 Å². The van der Waals surface area contributed by atoms with Crippen molar-refractivity contribution in [1.82, 2.24) is 29.9 Å². The summed E-state index contributed by atoms with van der Waals surface area (Å²) in [4.78, 5) is 76.0. The highest BCUT2D eigenvalue weighted by atomic mass is 16.6. The minimum absolute atomic E-state index is 0.0145. The van der Waals surface area contributed by atoms with Crippen LogP contribution in [0.3, 0.4) is 0 Å². The van der Waals surface area contributed by atoms with Crippen LogP contribution in [-0.2, 0) is 19.1 Å². The van der Waals surface area contributed by atoms with Gasteiger partial charge >= 0.3 is 6.09 Å². The third kappa shape index (κ3) is 8.49. The summed E-state index contributed by atoms with van der Waals surface area (Å²) in [6, 6.07) is 6.57. The summed E-state index contributed by atoms with van der Waals surface area (Å²) in [5, 5.41) is 3.30. The van der Waals surface area contributed by atoms with Crippen molar-refractivity contribution in [2.24, 2.45) is 0 Å². The Balaban J connectivity index is 1.18. The Bertz CT molecular complexity index is 1470. The van der Waals surface area contributed by atoms with Crippen molar-refractivity contribution in [1.29, 1.82) is 0 Å². The largest absolute Gasteiger partial charge is 0.483 e. The lowest BCUT2D eigenvalue weighted by molar-refractivity contribution is -0.145. The van der Waals surface area contributed by atoms with E-state index in [1.54, 1.807) is 14.7 Å². The average molecular weight is 651 g/mol. The number of likely N-dealkylation sites (tertiary alicyclic amines) is 2. The van der Waals surface area contributed by atoms with Crippen molar-refractivity contribution in [3.63, 3.8) is 0 Å². The van der Waals surface area contributed by atoms with Gasteiger partial charge in [-0.3, -0.25) is 19.2 Å². The molecule has 1 N–H and O–H groups in total. The van der Waals surface area contributed by atoms with Crippen LogP contribution in [0.5, 0.6) is 5.75 Å². The van der Waals surface area contributed by atoms with Gasteiger partial charge in [-0.2, -0.15) is 0 Å². The molecule has 4 heterocycles. The average Bonchev–Trinajstić information content (AvgIpc) is 3.59. The number of piperazine rings is 1. The number of unbranched alkanes of at least 4 members (excludes halogenated alkanes) is 1. The molecule has 3 aliphatic rings. The molecule has 3 aliphatic heterocycles. The number of aryl methyl sites for hydroxylation is 1. The van der Waals surface area contributed by atoms with Crippen molar-refractivity contribution in [2.45, 2.75) is 64.8 Å². The monoisotopic (exact) mass is 650 g/mol. The molecule has 5 rings (SSSR count). The zero-order valence-electron chi connectivity index (χ0n) is 27.5. The zero-order chi connectivity index (χ0) is 33.3. The van der Waals surface area contributed by atoms with Crippen molar-refractivity contribution in [2.75, 3.05) is 65.6 Å². The summed E-state index contributed by atoms with van der Waals surface area (Å²) < 4.78 is 11.3. The first-order chi connectivity index (χ1) is 22.7. The number of nitrogens with one attached hydrogen (secondary N) is 1. The van der Waals surface area contributed by atoms with Gasteiger partial charge in [-0.15, -0.1) is 0 Å². The highest BCUT2D eigenvalue weighted by Gasteiger charge is 2.37. The Morgan fingerprint density at radius 2 is 1.62 bits per heavy atom. The van der Waals surface area contributed by atoms with Gasteiger partial charge in [0.2, 0.25) is 11.8 Å². The Kier molecular flexibility index (Phi) is 11.5. The third-order valence-corrected chi connectivity index (χ3v) is 9.05. The van der Waals surface area contributed by atoms with Crippen molar-refractivity contribution >= 4 is 40.6 Å². The predicted molar refractivity (Wildman–Crippen MR) is 174 cm³/mol. The van der Waals surface area contributed by atoms with Crippen LogP contribution in [0, 0.1) is 6.92 Å². The molecule has 254 valence electrons. The molecule has 5 amide bonds. The first-order valence-electron chi connectivity index (χ1n) is 16.8. The predicted octanol–water partition coefficient (Wildman–Crippen LogP) is 2.74. The number of carbonyl (C=O) groups excluding carboxylic acids is 5. The number of amides is 5. The molecule has 13 nitrogen and oxygen atoms in total. The number of hydrogen-bond donors (Lipinski definition) is 1. The minimum atomic E-state index is -0.553. The molecule has 1 atom stereocenters. The van der Waals surface area contributed by atoms with E-state index in [1.807, 2.05) is 36.9 Å². The second-order valence-corrected chi connectivity index (χ2v) is 12.5. The van der Waals surface area contributed by atoms with E-state index in [0.717, 1.165) is 57.2 Å². The number of nitrogens with zero attached hydrogens (tertiary/aromatic N) is 5. The number of aromatic nitrogens is 1. The van der Waals surface area contributed by atoms with Gasteiger partial charge in [0.15, 0.2) is 6.61 Å². The maximum Gasteiger partial charge on any atom is 0.409 e. The quantitative estimate of drug-likeness (QED) is 0.387. The number of piperidine rings is 1. The number of benzene rings is 1. The van der Waals surface area contributed by atoms with Gasteiger partial charge in [0.1, 0.15) is 17.5 Å². The Labute approximate surface area is 275 Å². The fourth-order valence-corrected chi connectivity index (χ4v) is 6.30. The lowest BCUT2D eigenvalue weighted by Crippen LogP contribution is -2.52. The molecule has 0 bridgehead atoms. The molecule has 13 heteroatoms. The van der Waals surface area contributed by atoms with Gasteiger partial charge < -0.3 is 34.4 Å². The van der Waals surface area contributed by atoms with E-state index in [4.69, 9.17) is 9.47 Å². The lowest BCUT2D eigenvalue weighted by Gasteiger charge is -2.34. The number of fused-ring (bicyclic) bond motifs is 1. The highest BCUT2D eigenvalue weighted by Crippen LogP contribution is 2.28. The molecular formula is C34H46N6O7. The van der Waals surface area contributed by atoms with Crippen molar-refractivity contribution in [3.05, 3.63) is 35.5 Å². The zero-order valence-corrected chi connectivity index (χ0v) is 27.5. The number of pyridine rings is 1. The summed E-state index contributed by atoms with van der Waals surface area (Å²) in [7, 11) is 0. The smallest absolute Gasteiger partial charge is 0.409 e. The van der Waals surface area contributed by atoms with Crippen LogP contribution in [0.25, 0.3) is 10.9 Å². The molecule has 1 aromatic carbocycles. The van der Waals surface area contributed by atoms with E-state index in [9.17, 15) is 24.0 Å². The summed E-state index contributed by atoms with van der Waals surface area (Å²) >= 11 is 0. The number of hydrogen-bond acceptors (Lipinski definition) is 8. The summed E-state index contributed by atoms with van der Waals surface area (Å²) in [6.07, 6.45) is 5.87. The molecule has 0 aliphatic carbocycles. The Hall–Kier alpha value is -4.42.